The first-order valence-electron chi connectivity index (χ1n) is 8.88. The Morgan fingerprint density at radius 1 is 1.00 bits per heavy atom. The molecule has 0 heterocycles. The lowest BCUT2D eigenvalue weighted by Gasteiger charge is -2.17. The first-order valence-corrected chi connectivity index (χ1v) is 8.88. The SMILES string of the molecule is Cc1cc(C)c(NC(=O)CNC(=O)NC2CCCCCC2)c(C)c1. The van der Waals surface area contributed by atoms with Crippen molar-refractivity contribution in [3.05, 3.63) is 28.8 Å². The van der Waals surface area contributed by atoms with Crippen molar-refractivity contribution in [2.75, 3.05) is 11.9 Å². The zero-order valence-electron chi connectivity index (χ0n) is 15.0. The molecule has 3 amide bonds. The molecule has 0 aromatic heterocycles. The third-order valence-electron chi connectivity index (χ3n) is 4.54. The molecule has 1 aromatic rings. The Morgan fingerprint density at radius 2 is 1.58 bits per heavy atom. The maximum Gasteiger partial charge on any atom is 0.315 e. The molecule has 5 heteroatoms. The van der Waals surface area contributed by atoms with Crippen LogP contribution in [0.15, 0.2) is 12.1 Å². The van der Waals surface area contributed by atoms with Gasteiger partial charge in [0.05, 0.1) is 6.54 Å². The normalized spacial score (nSPS) is 15.5. The highest BCUT2D eigenvalue weighted by atomic mass is 16.2. The fourth-order valence-electron chi connectivity index (χ4n) is 3.38. The van der Waals surface area contributed by atoms with Crippen molar-refractivity contribution in [1.29, 1.82) is 0 Å². The molecule has 1 aliphatic carbocycles. The molecule has 0 bridgehead atoms. The van der Waals surface area contributed by atoms with Crippen LogP contribution in [0.3, 0.4) is 0 Å². The van der Waals surface area contributed by atoms with Gasteiger partial charge >= 0.3 is 6.03 Å². The summed E-state index contributed by atoms with van der Waals surface area (Å²) >= 11 is 0. The second-order valence-corrected chi connectivity index (χ2v) is 6.84. The highest BCUT2D eigenvalue weighted by Crippen LogP contribution is 2.21. The van der Waals surface area contributed by atoms with Gasteiger partial charge in [-0.3, -0.25) is 4.79 Å². The molecule has 2 rings (SSSR count). The van der Waals surface area contributed by atoms with E-state index in [1.165, 1.54) is 18.4 Å². The summed E-state index contributed by atoms with van der Waals surface area (Å²) in [7, 11) is 0. The lowest BCUT2D eigenvalue weighted by atomic mass is 10.1. The Hall–Kier alpha value is -2.04. The van der Waals surface area contributed by atoms with E-state index in [2.05, 4.69) is 16.0 Å². The zero-order valence-corrected chi connectivity index (χ0v) is 15.0. The second-order valence-electron chi connectivity index (χ2n) is 6.84. The average molecular weight is 331 g/mol. The molecule has 5 nitrogen and oxygen atoms in total. The van der Waals surface area contributed by atoms with Crippen molar-refractivity contribution in [3.63, 3.8) is 0 Å². The van der Waals surface area contributed by atoms with Gasteiger partial charge in [0.25, 0.3) is 0 Å². The molecular formula is C19H29N3O2. The molecule has 0 atom stereocenters. The van der Waals surface area contributed by atoms with Crippen LogP contribution in [-0.2, 0) is 4.79 Å². The van der Waals surface area contributed by atoms with E-state index in [0.29, 0.717) is 0 Å². The van der Waals surface area contributed by atoms with E-state index >= 15 is 0 Å². The van der Waals surface area contributed by atoms with E-state index in [9.17, 15) is 9.59 Å². The number of nitrogens with one attached hydrogen (secondary N) is 3. The minimum atomic E-state index is -0.255. The zero-order chi connectivity index (χ0) is 17.5. The summed E-state index contributed by atoms with van der Waals surface area (Å²) in [6, 6.07) is 4.05. The van der Waals surface area contributed by atoms with Crippen molar-refractivity contribution in [1.82, 2.24) is 10.6 Å². The van der Waals surface area contributed by atoms with Crippen molar-refractivity contribution < 1.29 is 9.59 Å². The van der Waals surface area contributed by atoms with Gasteiger partial charge in [-0.05, 0) is 44.7 Å². The monoisotopic (exact) mass is 331 g/mol. The fraction of sp³-hybridized carbons (Fsp3) is 0.579. The minimum absolute atomic E-state index is 0.0225. The van der Waals surface area contributed by atoms with E-state index in [0.717, 1.165) is 42.5 Å². The molecule has 0 unspecified atom stereocenters. The van der Waals surface area contributed by atoms with Crippen LogP contribution in [0, 0.1) is 20.8 Å². The van der Waals surface area contributed by atoms with Gasteiger partial charge in [0.2, 0.25) is 5.91 Å². The molecule has 0 aliphatic heterocycles. The Labute approximate surface area is 144 Å². The minimum Gasteiger partial charge on any atom is -0.335 e. The van der Waals surface area contributed by atoms with Crippen molar-refractivity contribution in [2.45, 2.75) is 65.3 Å². The smallest absolute Gasteiger partial charge is 0.315 e. The van der Waals surface area contributed by atoms with E-state index in [1.54, 1.807) is 0 Å². The average Bonchev–Trinajstić information content (AvgIpc) is 2.77. The number of benzene rings is 1. The van der Waals surface area contributed by atoms with Crippen molar-refractivity contribution >= 4 is 17.6 Å². The van der Waals surface area contributed by atoms with Gasteiger partial charge in [-0.2, -0.15) is 0 Å². The van der Waals surface area contributed by atoms with Crippen LogP contribution in [0.1, 0.15) is 55.2 Å². The van der Waals surface area contributed by atoms with E-state index in [4.69, 9.17) is 0 Å². The number of urea groups is 1. The predicted octanol–water partition coefficient (Wildman–Crippen LogP) is 3.57. The van der Waals surface area contributed by atoms with Gasteiger partial charge in [-0.15, -0.1) is 0 Å². The molecule has 3 N–H and O–H groups in total. The summed E-state index contributed by atoms with van der Waals surface area (Å²) in [5.41, 5.74) is 4.06. The van der Waals surface area contributed by atoms with Crippen LogP contribution < -0.4 is 16.0 Å². The summed E-state index contributed by atoms with van der Waals surface area (Å²) in [5.74, 6) is -0.207. The Balaban J connectivity index is 1.79. The fourth-order valence-corrected chi connectivity index (χ4v) is 3.38. The van der Waals surface area contributed by atoms with E-state index < -0.39 is 0 Å². The maximum absolute atomic E-state index is 12.1. The van der Waals surface area contributed by atoms with E-state index in [1.807, 2.05) is 32.9 Å². The summed E-state index contributed by atoms with van der Waals surface area (Å²) in [4.78, 5) is 24.1. The van der Waals surface area contributed by atoms with Crippen LogP contribution >= 0.6 is 0 Å². The summed E-state index contributed by atoms with van der Waals surface area (Å²) in [6.45, 7) is 5.96. The topological polar surface area (TPSA) is 70.2 Å². The highest BCUT2D eigenvalue weighted by molar-refractivity contribution is 5.95. The molecule has 0 saturated heterocycles. The number of hydrogen-bond donors (Lipinski definition) is 3. The van der Waals surface area contributed by atoms with Crippen LogP contribution in [-0.4, -0.2) is 24.5 Å². The first-order chi connectivity index (χ1) is 11.5. The Morgan fingerprint density at radius 3 is 2.17 bits per heavy atom. The largest absolute Gasteiger partial charge is 0.335 e. The van der Waals surface area contributed by atoms with Gasteiger partial charge in [0, 0.05) is 11.7 Å². The van der Waals surface area contributed by atoms with E-state index in [-0.39, 0.29) is 24.5 Å². The maximum atomic E-state index is 12.1. The molecule has 0 radical (unpaired) electrons. The second kappa shape index (κ2) is 8.71. The Kier molecular flexibility index (Phi) is 6.64. The van der Waals surface area contributed by atoms with Gasteiger partial charge in [-0.25, -0.2) is 4.79 Å². The van der Waals surface area contributed by atoms with Crippen molar-refractivity contribution in [2.24, 2.45) is 0 Å². The number of aryl methyl sites for hydroxylation is 3. The first kappa shape index (κ1) is 18.3. The highest BCUT2D eigenvalue weighted by Gasteiger charge is 2.15. The molecule has 24 heavy (non-hydrogen) atoms. The lowest BCUT2D eigenvalue weighted by Crippen LogP contribution is -2.44. The molecule has 1 saturated carbocycles. The van der Waals surface area contributed by atoms with Gasteiger partial charge in [0.1, 0.15) is 0 Å². The standard InChI is InChI=1S/C19H29N3O2/c1-13-10-14(2)18(15(3)11-13)22-17(23)12-20-19(24)21-16-8-6-4-5-7-9-16/h10-11,16H,4-9,12H2,1-3H3,(H,22,23)(H2,20,21,24). The third-order valence-corrected chi connectivity index (χ3v) is 4.54. The number of amides is 3. The molecule has 0 spiro atoms. The predicted molar refractivity (Wildman–Crippen MR) is 97.3 cm³/mol. The number of rotatable bonds is 4. The van der Waals surface area contributed by atoms with Crippen LogP contribution in [0.5, 0.6) is 0 Å². The number of anilines is 1. The number of carbonyl (C=O) groups excluding carboxylic acids is 2. The molecule has 1 fully saturated rings. The van der Waals surface area contributed by atoms with Crippen molar-refractivity contribution in [3.8, 4) is 0 Å². The molecule has 132 valence electrons. The third kappa shape index (κ3) is 5.55. The number of carbonyl (C=O) groups is 2. The summed E-state index contributed by atoms with van der Waals surface area (Å²) in [6.07, 6.45) is 6.88. The number of hydrogen-bond acceptors (Lipinski definition) is 2. The van der Waals surface area contributed by atoms with Crippen LogP contribution in [0.25, 0.3) is 0 Å². The summed E-state index contributed by atoms with van der Waals surface area (Å²) in [5, 5.41) is 8.53. The molecule has 1 aromatic carbocycles. The van der Waals surface area contributed by atoms with Gasteiger partial charge in [-0.1, -0.05) is 43.4 Å². The molecule has 1 aliphatic rings. The molecular weight excluding hydrogens is 302 g/mol. The van der Waals surface area contributed by atoms with Gasteiger partial charge in [0.15, 0.2) is 0 Å². The van der Waals surface area contributed by atoms with Crippen LogP contribution in [0.4, 0.5) is 10.5 Å². The van der Waals surface area contributed by atoms with Crippen LogP contribution in [0.2, 0.25) is 0 Å². The summed E-state index contributed by atoms with van der Waals surface area (Å²) < 4.78 is 0. The quantitative estimate of drug-likeness (QED) is 0.738. The lowest BCUT2D eigenvalue weighted by molar-refractivity contribution is -0.115. The van der Waals surface area contributed by atoms with Gasteiger partial charge < -0.3 is 16.0 Å². The Bertz CT molecular complexity index is 567.